The van der Waals surface area contributed by atoms with Crippen LogP contribution in [0.15, 0.2) is 0 Å². The second kappa shape index (κ2) is 10.9. The van der Waals surface area contributed by atoms with Crippen LogP contribution in [0.4, 0.5) is 4.79 Å². The number of rotatable bonds is 7. The van der Waals surface area contributed by atoms with Crippen molar-refractivity contribution in [2.24, 2.45) is 0 Å². The predicted octanol–water partition coefficient (Wildman–Crippen LogP) is 3.01. The van der Waals surface area contributed by atoms with Gasteiger partial charge in [0.25, 0.3) is 0 Å². The molecule has 0 amide bonds. The Hall–Kier alpha value is -0.580. The molecule has 0 aliphatic heterocycles. The van der Waals surface area contributed by atoms with Crippen LogP contribution < -0.4 is 0 Å². The third-order valence-corrected chi connectivity index (χ3v) is 3.17. The van der Waals surface area contributed by atoms with Gasteiger partial charge in [0.1, 0.15) is 0 Å². The average Bonchev–Trinajstić information content (AvgIpc) is 2.11. The number of unbranched alkanes of at least 4 members (excludes halogenated alkanes) is 3. The van der Waals surface area contributed by atoms with Crippen molar-refractivity contribution in [3.63, 3.8) is 0 Å². The maximum absolute atomic E-state index is 11.1. The standard InChI is InChI=1S/C8H19O3P.CH2O3/c1-3-5-6-7-8-12(9,10)11-4-2;2-1(3)4/h3-8H2,1-2H3,(H,9,10);(H2,2,3,4). The van der Waals surface area contributed by atoms with Gasteiger partial charge in [-0.25, -0.2) is 4.79 Å². The molecular formula is C9H21O6P. The van der Waals surface area contributed by atoms with Gasteiger partial charge in [0, 0.05) is 6.16 Å². The van der Waals surface area contributed by atoms with Crippen LogP contribution in [0.2, 0.25) is 0 Å². The quantitative estimate of drug-likeness (QED) is 0.477. The molecule has 6 nitrogen and oxygen atoms in total. The lowest BCUT2D eigenvalue weighted by atomic mass is 10.2. The van der Waals surface area contributed by atoms with Gasteiger partial charge in [0.15, 0.2) is 0 Å². The summed E-state index contributed by atoms with van der Waals surface area (Å²) in [6, 6.07) is 0. The fourth-order valence-corrected chi connectivity index (χ4v) is 2.16. The Labute approximate surface area is 95.8 Å². The Kier molecular flexibility index (Phi) is 12.2. The van der Waals surface area contributed by atoms with Crippen molar-refractivity contribution < 1.29 is 29.0 Å². The van der Waals surface area contributed by atoms with Crippen molar-refractivity contribution >= 4 is 13.8 Å². The number of hydrogen-bond donors (Lipinski definition) is 3. The molecule has 0 fully saturated rings. The summed E-state index contributed by atoms with van der Waals surface area (Å²) >= 11 is 0. The summed E-state index contributed by atoms with van der Waals surface area (Å²) in [6.07, 6.45) is 2.56. The minimum atomic E-state index is -3.23. The second-order valence-corrected chi connectivity index (χ2v) is 5.10. The third kappa shape index (κ3) is 19.1. The second-order valence-electron chi connectivity index (χ2n) is 3.12. The van der Waals surface area contributed by atoms with Crippen LogP contribution in [0.25, 0.3) is 0 Å². The first-order chi connectivity index (χ1) is 7.35. The summed E-state index contributed by atoms with van der Waals surface area (Å²) in [7, 11) is -3.23. The first kappa shape index (κ1) is 17.8. The van der Waals surface area contributed by atoms with E-state index in [0.717, 1.165) is 25.7 Å². The maximum atomic E-state index is 11.1. The average molecular weight is 256 g/mol. The van der Waals surface area contributed by atoms with Crippen molar-refractivity contribution in [2.45, 2.75) is 39.5 Å². The van der Waals surface area contributed by atoms with E-state index in [0.29, 0.717) is 12.8 Å². The van der Waals surface area contributed by atoms with Crippen molar-refractivity contribution in [1.29, 1.82) is 0 Å². The number of carbonyl (C=O) groups is 1. The third-order valence-electron chi connectivity index (χ3n) is 1.63. The molecule has 0 rings (SSSR count). The SMILES string of the molecule is CCCCCCP(=O)(O)OCC.O=C(O)O. The molecule has 1 atom stereocenters. The van der Waals surface area contributed by atoms with Gasteiger partial charge in [-0.2, -0.15) is 0 Å². The molecule has 3 N–H and O–H groups in total. The van der Waals surface area contributed by atoms with E-state index in [9.17, 15) is 4.57 Å². The lowest BCUT2D eigenvalue weighted by molar-refractivity contribution is 0.137. The summed E-state index contributed by atoms with van der Waals surface area (Å²) < 4.78 is 15.8. The van der Waals surface area contributed by atoms with Crippen LogP contribution in [0.3, 0.4) is 0 Å². The van der Waals surface area contributed by atoms with Crippen LogP contribution in [-0.2, 0) is 9.09 Å². The van der Waals surface area contributed by atoms with Gasteiger partial charge in [0.2, 0.25) is 0 Å². The highest BCUT2D eigenvalue weighted by atomic mass is 31.2. The van der Waals surface area contributed by atoms with E-state index in [2.05, 4.69) is 6.92 Å². The van der Waals surface area contributed by atoms with Crippen molar-refractivity contribution in [2.75, 3.05) is 12.8 Å². The zero-order chi connectivity index (χ0) is 13.0. The van der Waals surface area contributed by atoms with Gasteiger partial charge in [-0.1, -0.05) is 26.2 Å². The van der Waals surface area contributed by atoms with E-state index in [1.54, 1.807) is 6.92 Å². The highest BCUT2D eigenvalue weighted by Crippen LogP contribution is 2.42. The van der Waals surface area contributed by atoms with E-state index < -0.39 is 13.8 Å². The maximum Gasteiger partial charge on any atom is 0.503 e. The molecule has 1 unspecified atom stereocenters. The highest BCUT2D eigenvalue weighted by Gasteiger charge is 2.16. The van der Waals surface area contributed by atoms with E-state index in [1.807, 2.05) is 0 Å². The Morgan fingerprint density at radius 2 is 1.69 bits per heavy atom. The lowest BCUT2D eigenvalue weighted by Crippen LogP contribution is -1.94. The summed E-state index contributed by atoms with van der Waals surface area (Å²) in [5.74, 6) is 0. The molecule has 0 radical (unpaired) electrons. The van der Waals surface area contributed by atoms with E-state index >= 15 is 0 Å². The van der Waals surface area contributed by atoms with Crippen LogP contribution in [0, 0.1) is 0 Å². The molecule has 7 heteroatoms. The fourth-order valence-electron chi connectivity index (χ4n) is 1.00. The molecule has 0 saturated carbocycles. The summed E-state index contributed by atoms with van der Waals surface area (Å²) in [5, 5.41) is 13.9. The first-order valence-corrected chi connectivity index (χ1v) is 7.00. The number of carboxylic acid groups (broad SMARTS) is 2. The molecular weight excluding hydrogens is 235 g/mol. The molecule has 0 aliphatic carbocycles. The topological polar surface area (TPSA) is 104 Å². The summed E-state index contributed by atoms with van der Waals surface area (Å²) in [5.41, 5.74) is 0. The van der Waals surface area contributed by atoms with E-state index in [1.165, 1.54) is 0 Å². The molecule has 0 spiro atoms. The van der Waals surface area contributed by atoms with Gasteiger partial charge in [-0.15, -0.1) is 0 Å². The largest absolute Gasteiger partial charge is 0.503 e. The van der Waals surface area contributed by atoms with Crippen LogP contribution in [-0.4, -0.2) is 34.0 Å². The highest BCUT2D eigenvalue weighted by molar-refractivity contribution is 7.52. The van der Waals surface area contributed by atoms with Gasteiger partial charge in [-0.3, -0.25) is 4.57 Å². The smallest absolute Gasteiger partial charge is 0.450 e. The van der Waals surface area contributed by atoms with Gasteiger partial charge in [-0.05, 0) is 13.3 Å². The zero-order valence-corrected chi connectivity index (χ0v) is 10.7. The predicted molar refractivity (Wildman–Crippen MR) is 61.1 cm³/mol. The first-order valence-electron chi connectivity index (χ1n) is 5.24. The monoisotopic (exact) mass is 256 g/mol. The molecule has 0 aliphatic rings. The van der Waals surface area contributed by atoms with Crippen LogP contribution in [0.5, 0.6) is 0 Å². The van der Waals surface area contributed by atoms with Gasteiger partial charge in [0.05, 0.1) is 6.61 Å². The Morgan fingerprint density at radius 3 is 2.06 bits per heavy atom. The molecule has 0 saturated heterocycles. The minimum Gasteiger partial charge on any atom is -0.450 e. The molecule has 0 heterocycles. The summed E-state index contributed by atoms with van der Waals surface area (Å²) in [6.45, 7) is 4.16. The summed E-state index contributed by atoms with van der Waals surface area (Å²) in [4.78, 5) is 17.7. The molecule has 0 aromatic carbocycles. The van der Waals surface area contributed by atoms with Gasteiger partial charge >= 0.3 is 13.8 Å². The zero-order valence-electron chi connectivity index (χ0n) is 9.76. The Morgan fingerprint density at radius 1 is 1.19 bits per heavy atom. The Bertz CT molecular complexity index is 214. The van der Waals surface area contributed by atoms with Crippen LogP contribution in [0.1, 0.15) is 39.5 Å². The molecule has 16 heavy (non-hydrogen) atoms. The minimum absolute atomic E-state index is 0.306. The normalized spacial score (nSPS) is 13.4. The molecule has 0 aromatic rings. The molecule has 0 aromatic heterocycles. The Balaban J connectivity index is 0. The van der Waals surface area contributed by atoms with E-state index in [-0.39, 0.29) is 0 Å². The molecule has 0 bridgehead atoms. The van der Waals surface area contributed by atoms with Crippen molar-refractivity contribution in [3.8, 4) is 0 Å². The molecule has 98 valence electrons. The van der Waals surface area contributed by atoms with Crippen molar-refractivity contribution in [1.82, 2.24) is 0 Å². The van der Waals surface area contributed by atoms with Crippen LogP contribution >= 0.6 is 7.60 Å². The van der Waals surface area contributed by atoms with Crippen molar-refractivity contribution in [3.05, 3.63) is 0 Å². The number of hydrogen-bond acceptors (Lipinski definition) is 3. The van der Waals surface area contributed by atoms with E-state index in [4.69, 9.17) is 24.4 Å². The lowest BCUT2D eigenvalue weighted by Gasteiger charge is -2.09. The fraction of sp³-hybridized carbons (Fsp3) is 0.889. The van der Waals surface area contributed by atoms with Gasteiger partial charge < -0.3 is 19.6 Å².